The predicted molar refractivity (Wildman–Crippen MR) is 80.5 cm³/mol. The number of nitrogens with zero attached hydrogens (tertiary/aromatic N) is 1. The van der Waals surface area contributed by atoms with Crippen molar-refractivity contribution in [2.75, 3.05) is 0 Å². The molecule has 1 nitrogen and oxygen atoms in total. The molecule has 2 aromatic rings. The summed E-state index contributed by atoms with van der Waals surface area (Å²) < 4.78 is 28.9. The van der Waals surface area contributed by atoms with Crippen LogP contribution >= 0.6 is 0 Å². The van der Waals surface area contributed by atoms with Crippen molar-refractivity contribution in [1.82, 2.24) is 4.57 Å². The van der Waals surface area contributed by atoms with Gasteiger partial charge in [0.2, 0.25) is 0 Å². The van der Waals surface area contributed by atoms with Gasteiger partial charge in [-0.25, -0.2) is 8.78 Å². The summed E-state index contributed by atoms with van der Waals surface area (Å²) in [6.07, 6.45) is 6.44. The summed E-state index contributed by atoms with van der Waals surface area (Å²) in [4.78, 5) is 0. The quantitative estimate of drug-likeness (QED) is 0.720. The maximum Gasteiger partial charge on any atom is 0.129 e. The van der Waals surface area contributed by atoms with E-state index in [9.17, 15) is 8.78 Å². The zero-order valence-corrected chi connectivity index (χ0v) is 14.5. The van der Waals surface area contributed by atoms with Crippen molar-refractivity contribution >= 4 is 0 Å². The van der Waals surface area contributed by atoms with E-state index in [2.05, 4.69) is 17.6 Å². The summed E-state index contributed by atoms with van der Waals surface area (Å²) in [6, 6.07) is 6.16. The van der Waals surface area contributed by atoms with Crippen LogP contribution in [0, 0.1) is 18.6 Å². The van der Waals surface area contributed by atoms with Gasteiger partial charge in [0, 0.05) is 45.7 Å². The minimum atomic E-state index is -0.508. The molecule has 1 heterocycles. The maximum atomic E-state index is 13.6. The molecule has 0 saturated carbocycles. The van der Waals surface area contributed by atoms with Crippen LogP contribution in [-0.4, -0.2) is 4.57 Å². The van der Waals surface area contributed by atoms with Crippen LogP contribution in [0.2, 0.25) is 0 Å². The van der Waals surface area contributed by atoms with E-state index in [1.54, 1.807) is 6.07 Å². The first-order valence-corrected chi connectivity index (χ1v) is 7.77. The smallest absolute Gasteiger partial charge is 0.129 e. The summed E-state index contributed by atoms with van der Waals surface area (Å²) in [7, 11) is 0. The average Bonchev–Trinajstić information content (AvgIpc) is 2.77. The molecule has 0 fully saturated rings. The van der Waals surface area contributed by atoms with Crippen molar-refractivity contribution in [3.05, 3.63) is 58.4 Å². The molecule has 1 aromatic carbocycles. The average molecular weight is 337 g/mol. The molecule has 0 N–H and O–H groups in total. The summed E-state index contributed by atoms with van der Waals surface area (Å²) in [5.74, 6) is -0.937. The molecule has 0 atom stereocenters. The molecule has 0 saturated heterocycles. The van der Waals surface area contributed by atoms with Crippen LogP contribution in [0.5, 0.6) is 0 Å². The van der Waals surface area contributed by atoms with Crippen LogP contribution in [0.15, 0.2) is 24.3 Å². The zero-order valence-electron chi connectivity index (χ0n) is 13.0. The molecule has 1 aliphatic rings. The van der Waals surface area contributed by atoms with E-state index in [1.165, 1.54) is 42.3 Å². The van der Waals surface area contributed by atoms with Gasteiger partial charge >= 0.3 is 0 Å². The second-order valence-corrected chi connectivity index (χ2v) is 5.96. The van der Waals surface area contributed by atoms with Gasteiger partial charge in [0.05, 0.1) is 0 Å². The number of hydrogen-bond donors (Lipinski definition) is 0. The van der Waals surface area contributed by atoms with Gasteiger partial charge in [-0.1, -0.05) is 6.07 Å². The Bertz CT molecular complexity index is 649. The minimum absolute atomic E-state index is 0. The number of fused-ring (bicyclic) bond motifs is 1. The second-order valence-electron chi connectivity index (χ2n) is 5.96. The van der Waals surface area contributed by atoms with Crippen molar-refractivity contribution in [3.8, 4) is 0 Å². The fourth-order valence-electron chi connectivity index (χ4n) is 3.38. The molecule has 0 unspecified atom stereocenters. The van der Waals surface area contributed by atoms with Crippen LogP contribution in [0.3, 0.4) is 0 Å². The van der Waals surface area contributed by atoms with E-state index in [4.69, 9.17) is 0 Å². The van der Waals surface area contributed by atoms with Crippen LogP contribution in [0.1, 0.15) is 41.8 Å². The normalized spacial score (nSPS) is 13.6. The van der Waals surface area contributed by atoms with Gasteiger partial charge in [-0.3, -0.25) is 0 Å². The van der Waals surface area contributed by atoms with Crippen molar-refractivity contribution in [1.29, 1.82) is 0 Å². The predicted octanol–water partition coefficient (Wildman–Crippen LogP) is 4.58. The summed E-state index contributed by atoms with van der Waals surface area (Å²) >= 11 is 0. The van der Waals surface area contributed by atoms with Gasteiger partial charge in [-0.15, -0.1) is 0 Å². The standard InChI is InChI=1S/C18H21F2N.Ti/c1-13-11-15-5-2-3-7-18(15)21(13)10-4-6-14-8-9-16(19)12-17(14)20;/h8-9,11-12H,2-7,10H2,1H3;. The molecule has 1 aromatic heterocycles. The van der Waals surface area contributed by atoms with Gasteiger partial charge in [0.1, 0.15) is 11.6 Å². The first-order chi connectivity index (χ1) is 10.1. The van der Waals surface area contributed by atoms with Crippen molar-refractivity contribution < 1.29 is 30.5 Å². The molecule has 1 aliphatic carbocycles. The Morgan fingerprint density at radius 1 is 1.09 bits per heavy atom. The van der Waals surface area contributed by atoms with Gasteiger partial charge in [-0.05, 0) is 68.7 Å². The Balaban J connectivity index is 0.00000176. The molecular weight excluding hydrogens is 316 g/mol. The number of aryl methyl sites for hydroxylation is 3. The third kappa shape index (κ3) is 3.69. The Morgan fingerprint density at radius 3 is 2.64 bits per heavy atom. The maximum absolute atomic E-state index is 13.6. The summed E-state index contributed by atoms with van der Waals surface area (Å²) in [6.45, 7) is 3.06. The fourth-order valence-corrected chi connectivity index (χ4v) is 3.38. The van der Waals surface area contributed by atoms with Gasteiger partial charge in [0.25, 0.3) is 0 Å². The molecule has 22 heavy (non-hydrogen) atoms. The van der Waals surface area contributed by atoms with Crippen LogP contribution in [0.4, 0.5) is 8.78 Å². The Hall–Kier alpha value is -0.926. The SMILES string of the molecule is Cc1cc2c(n1CCCc1ccc(F)cc1F)CCCC2.[Ti]. The second kappa shape index (κ2) is 7.56. The molecule has 4 heteroatoms. The van der Waals surface area contributed by atoms with Crippen LogP contribution < -0.4 is 0 Å². The number of aromatic nitrogens is 1. The Labute approximate surface area is 145 Å². The number of hydrogen-bond acceptors (Lipinski definition) is 0. The van der Waals surface area contributed by atoms with Crippen LogP contribution in [-0.2, 0) is 47.5 Å². The third-order valence-corrected chi connectivity index (χ3v) is 4.46. The summed E-state index contributed by atoms with van der Waals surface area (Å²) in [5.41, 5.74) is 4.88. The van der Waals surface area contributed by atoms with Crippen molar-refractivity contribution in [2.24, 2.45) is 0 Å². The molecule has 0 aliphatic heterocycles. The Kier molecular flexibility index (Phi) is 5.99. The van der Waals surface area contributed by atoms with Gasteiger partial charge in [-0.2, -0.15) is 0 Å². The molecule has 0 bridgehead atoms. The Morgan fingerprint density at radius 2 is 1.86 bits per heavy atom. The summed E-state index contributed by atoms with van der Waals surface area (Å²) in [5, 5.41) is 0. The minimum Gasteiger partial charge on any atom is -0.349 e. The molecule has 116 valence electrons. The van der Waals surface area contributed by atoms with E-state index in [0.29, 0.717) is 12.0 Å². The zero-order chi connectivity index (χ0) is 14.8. The van der Waals surface area contributed by atoms with E-state index < -0.39 is 11.6 Å². The van der Waals surface area contributed by atoms with Crippen molar-refractivity contribution in [3.63, 3.8) is 0 Å². The molecule has 3 rings (SSSR count). The van der Waals surface area contributed by atoms with E-state index in [1.807, 2.05) is 0 Å². The molecule has 0 spiro atoms. The first kappa shape index (κ1) is 17.4. The van der Waals surface area contributed by atoms with E-state index in [-0.39, 0.29) is 21.7 Å². The topological polar surface area (TPSA) is 4.93 Å². The van der Waals surface area contributed by atoms with Crippen molar-refractivity contribution in [2.45, 2.75) is 52.0 Å². The van der Waals surface area contributed by atoms with E-state index in [0.717, 1.165) is 25.5 Å². The third-order valence-electron chi connectivity index (χ3n) is 4.46. The van der Waals surface area contributed by atoms with Crippen LogP contribution in [0.25, 0.3) is 0 Å². The molecule has 0 amide bonds. The van der Waals surface area contributed by atoms with Gasteiger partial charge < -0.3 is 4.57 Å². The first-order valence-electron chi connectivity index (χ1n) is 7.77. The number of benzene rings is 1. The number of rotatable bonds is 4. The molecular formula is C18H21F2NTi. The molecule has 0 radical (unpaired) electrons. The number of halogens is 2. The monoisotopic (exact) mass is 337 g/mol. The fraction of sp³-hybridized carbons (Fsp3) is 0.444. The largest absolute Gasteiger partial charge is 0.349 e. The van der Waals surface area contributed by atoms with Gasteiger partial charge in [0.15, 0.2) is 0 Å². The van der Waals surface area contributed by atoms with E-state index >= 15 is 0 Å².